The smallest absolute Gasteiger partial charge is 0.269 e. The molecule has 2 amide bonds. The number of non-ortho nitro benzene ring substituents is 1. The largest absolute Gasteiger partial charge is 0.378 e. The van der Waals surface area contributed by atoms with Crippen LogP contribution in [0.2, 0.25) is 0 Å². The number of allylic oxidation sites excluding steroid dienone is 1. The third-order valence-corrected chi connectivity index (χ3v) is 9.46. The molecular formula is C37H43N5O5. The van der Waals surface area contributed by atoms with E-state index in [9.17, 15) is 19.7 Å². The van der Waals surface area contributed by atoms with Crippen molar-refractivity contribution in [2.45, 2.75) is 43.9 Å². The highest BCUT2D eigenvalue weighted by Gasteiger charge is 2.38. The Hall–Kier alpha value is -4.80. The van der Waals surface area contributed by atoms with Crippen LogP contribution in [0, 0.1) is 10.1 Å². The first-order valence-corrected chi connectivity index (χ1v) is 16.2. The third-order valence-electron chi connectivity index (χ3n) is 9.46. The van der Waals surface area contributed by atoms with E-state index in [1.165, 1.54) is 23.3 Å². The molecule has 0 aliphatic carbocycles. The molecule has 3 aromatic carbocycles. The Morgan fingerprint density at radius 1 is 0.979 bits per heavy atom. The van der Waals surface area contributed by atoms with Crippen molar-refractivity contribution in [2.75, 3.05) is 39.9 Å². The molecule has 10 nitrogen and oxygen atoms in total. The van der Waals surface area contributed by atoms with Gasteiger partial charge in [0.1, 0.15) is 0 Å². The van der Waals surface area contributed by atoms with E-state index in [0.717, 1.165) is 56.6 Å². The molecule has 3 aromatic rings. The van der Waals surface area contributed by atoms with Crippen LogP contribution < -0.4 is 10.6 Å². The molecule has 2 N–H and O–H groups in total. The number of hydrogen-bond acceptors (Lipinski definition) is 7. The van der Waals surface area contributed by atoms with E-state index in [1.54, 1.807) is 24.1 Å². The van der Waals surface area contributed by atoms with E-state index >= 15 is 0 Å². The fourth-order valence-corrected chi connectivity index (χ4v) is 7.13. The normalized spacial score (nSPS) is 18.0. The van der Waals surface area contributed by atoms with Gasteiger partial charge in [-0.15, -0.1) is 0 Å². The predicted molar refractivity (Wildman–Crippen MR) is 181 cm³/mol. The third kappa shape index (κ3) is 7.29. The number of ether oxygens (including phenoxy) is 1. The Morgan fingerprint density at radius 3 is 2.11 bits per heavy atom. The lowest BCUT2D eigenvalue weighted by Gasteiger charge is -2.43. The lowest BCUT2D eigenvalue weighted by atomic mass is 9.68. The fourth-order valence-electron chi connectivity index (χ4n) is 7.13. The van der Waals surface area contributed by atoms with Crippen molar-refractivity contribution in [3.63, 3.8) is 0 Å². The molecule has 0 bridgehead atoms. The number of piperidine rings is 1. The Bertz CT molecular complexity index is 1540. The molecule has 0 radical (unpaired) electrons. The zero-order valence-corrected chi connectivity index (χ0v) is 27.1. The average Bonchev–Trinajstić information content (AvgIpc) is 3.12. The second-order valence-electron chi connectivity index (χ2n) is 12.0. The number of carbonyl (C=O) groups is 2. The van der Waals surface area contributed by atoms with Crippen LogP contribution in [0.4, 0.5) is 5.69 Å². The summed E-state index contributed by atoms with van der Waals surface area (Å²) in [6.07, 6.45) is 4.77. The molecule has 5 rings (SSSR count). The standard InChI is InChI=1S/C37H43N5O5/c1-3-32-35(38-26-43)34(28-15-17-31(18-16-28)42(45)46)36(33(39-32)25-47-2)41(27-44)22-10-21-40-23-19-37(20-24-40,29-11-6-4-7-12-29)30-13-8-5-9-14-30/h4-9,11-18,26-27,34,39H,3,10,19-25H2,1-2H3,(H,38,43). The number of likely N-dealkylation sites (tertiary alicyclic amines) is 1. The second kappa shape index (κ2) is 15.7. The minimum absolute atomic E-state index is 0.0350. The Kier molecular flexibility index (Phi) is 11.2. The molecule has 0 saturated carbocycles. The number of nitrogens with one attached hydrogen (secondary N) is 2. The summed E-state index contributed by atoms with van der Waals surface area (Å²) in [6, 6.07) is 27.8. The topological polar surface area (TPSA) is 117 Å². The second-order valence-corrected chi connectivity index (χ2v) is 12.0. The summed E-state index contributed by atoms with van der Waals surface area (Å²) >= 11 is 0. The number of benzene rings is 3. The molecule has 10 heteroatoms. The highest BCUT2D eigenvalue weighted by atomic mass is 16.6. The molecule has 1 atom stereocenters. The van der Waals surface area contributed by atoms with Gasteiger partial charge in [0.15, 0.2) is 0 Å². The van der Waals surface area contributed by atoms with Gasteiger partial charge in [-0.3, -0.25) is 19.7 Å². The Labute approximate surface area is 276 Å². The zero-order valence-electron chi connectivity index (χ0n) is 27.1. The number of amides is 2. The Balaban J connectivity index is 1.35. The van der Waals surface area contributed by atoms with Crippen molar-refractivity contribution < 1.29 is 19.2 Å². The number of carbonyl (C=O) groups excluding carboxylic acids is 2. The summed E-state index contributed by atoms with van der Waals surface area (Å²) < 4.78 is 5.55. The van der Waals surface area contributed by atoms with E-state index in [4.69, 9.17) is 4.74 Å². The van der Waals surface area contributed by atoms with Crippen LogP contribution >= 0.6 is 0 Å². The van der Waals surface area contributed by atoms with Crippen molar-refractivity contribution in [3.8, 4) is 0 Å². The molecule has 0 aromatic heterocycles. The van der Waals surface area contributed by atoms with Gasteiger partial charge in [-0.25, -0.2) is 0 Å². The van der Waals surface area contributed by atoms with Crippen LogP contribution in [0.3, 0.4) is 0 Å². The Morgan fingerprint density at radius 2 is 1.60 bits per heavy atom. The maximum absolute atomic E-state index is 12.8. The summed E-state index contributed by atoms with van der Waals surface area (Å²) in [5.74, 6) is -0.542. The summed E-state index contributed by atoms with van der Waals surface area (Å²) in [5.41, 5.74) is 6.10. The van der Waals surface area contributed by atoms with E-state index in [2.05, 4.69) is 76.2 Å². The van der Waals surface area contributed by atoms with Crippen LogP contribution in [0.5, 0.6) is 0 Å². The molecule has 1 saturated heterocycles. The van der Waals surface area contributed by atoms with Crippen LogP contribution in [-0.2, 0) is 19.7 Å². The van der Waals surface area contributed by atoms with Gasteiger partial charge in [0, 0.05) is 36.9 Å². The highest BCUT2D eigenvalue weighted by Crippen LogP contribution is 2.42. The minimum Gasteiger partial charge on any atom is -0.378 e. The van der Waals surface area contributed by atoms with Crippen molar-refractivity contribution in [1.29, 1.82) is 0 Å². The molecule has 2 aliphatic heterocycles. The van der Waals surface area contributed by atoms with Crippen molar-refractivity contribution >= 4 is 18.5 Å². The van der Waals surface area contributed by atoms with Gasteiger partial charge in [-0.2, -0.15) is 0 Å². The van der Waals surface area contributed by atoms with E-state index in [-0.39, 0.29) is 17.7 Å². The van der Waals surface area contributed by atoms with E-state index in [1.807, 2.05) is 6.92 Å². The number of hydrogen-bond donors (Lipinski definition) is 2. The number of methoxy groups -OCH3 is 1. The monoisotopic (exact) mass is 637 g/mol. The number of nitro groups is 1. The van der Waals surface area contributed by atoms with Crippen LogP contribution in [0.15, 0.2) is 108 Å². The lowest BCUT2D eigenvalue weighted by Crippen LogP contribution is -2.44. The SMILES string of the molecule is CCC1=C(NC=O)C(c2ccc([N+](=O)[O-])cc2)C(N(C=O)CCCN2CCC(c3ccccc3)(c3ccccc3)CC2)=C(COC)N1. The highest BCUT2D eigenvalue weighted by molar-refractivity contribution is 5.60. The zero-order chi connectivity index (χ0) is 33.2. The fraction of sp³-hybridized carbons (Fsp3) is 0.351. The molecule has 1 unspecified atom stereocenters. The number of nitro benzene ring substituents is 1. The molecule has 2 heterocycles. The maximum Gasteiger partial charge on any atom is 0.269 e. The molecule has 1 fully saturated rings. The van der Waals surface area contributed by atoms with Crippen LogP contribution in [0.25, 0.3) is 0 Å². The predicted octanol–water partition coefficient (Wildman–Crippen LogP) is 5.44. The minimum atomic E-state index is -0.542. The number of dihydropyridines is 1. The summed E-state index contributed by atoms with van der Waals surface area (Å²) in [5, 5.41) is 17.7. The van der Waals surface area contributed by atoms with E-state index in [0.29, 0.717) is 36.5 Å². The quantitative estimate of drug-likeness (QED) is 0.130. The van der Waals surface area contributed by atoms with E-state index < -0.39 is 10.8 Å². The average molecular weight is 638 g/mol. The maximum atomic E-state index is 12.8. The first kappa shape index (κ1) is 33.6. The molecule has 2 aliphatic rings. The van der Waals surface area contributed by atoms with Gasteiger partial charge < -0.3 is 25.2 Å². The van der Waals surface area contributed by atoms with Gasteiger partial charge in [0.25, 0.3) is 5.69 Å². The molecule has 47 heavy (non-hydrogen) atoms. The first-order valence-electron chi connectivity index (χ1n) is 16.2. The van der Waals surface area contributed by atoms with Gasteiger partial charge in [0.05, 0.1) is 34.5 Å². The van der Waals surface area contributed by atoms with Crippen molar-refractivity contribution in [2.24, 2.45) is 0 Å². The molecule has 246 valence electrons. The van der Waals surface area contributed by atoms with Crippen LogP contribution in [0.1, 0.15) is 55.2 Å². The summed E-state index contributed by atoms with van der Waals surface area (Å²) in [6.45, 7) is 5.33. The van der Waals surface area contributed by atoms with Crippen molar-refractivity contribution in [3.05, 3.63) is 135 Å². The lowest BCUT2D eigenvalue weighted by molar-refractivity contribution is -0.384. The van der Waals surface area contributed by atoms with Crippen LogP contribution in [-0.4, -0.2) is 67.4 Å². The number of rotatable bonds is 15. The van der Waals surface area contributed by atoms with Crippen molar-refractivity contribution in [1.82, 2.24) is 20.4 Å². The first-order chi connectivity index (χ1) is 22.9. The van der Waals surface area contributed by atoms with Gasteiger partial charge in [-0.05, 0) is 62.0 Å². The number of nitrogens with zero attached hydrogens (tertiary/aromatic N) is 3. The summed E-state index contributed by atoms with van der Waals surface area (Å²) in [4.78, 5) is 39.7. The van der Waals surface area contributed by atoms with Gasteiger partial charge in [0.2, 0.25) is 12.8 Å². The molecule has 0 spiro atoms. The van der Waals surface area contributed by atoms with Gasteiger partial charge in [-0.1, -0.05) is 79.7 Å². The molecular weight excluding hydrogens is 594 g/mol. The summed E-state index contributed by atoms with van der Waals surface area (Å²) in [7, 11) is 1.59. The van der Waals surface area contributed by atoms with Gasteiger partial charge >= 0.3 is 0 Å².